The van der Waals surface area contributed by atoms with Crippen LogP contribution >= 0.6 is 11.8 Å². The van der Waals surface area contributed by atoms with Crippen molar-refractivity contribution in [2.75, 3.05) is 32.4 Å². The Morgan fingerprint density at radius 3 is 2.91 bits per heavy atom. The van der Waals surface area contributed by atoms with Crippen LogP contribution in [-0.2, 0) is 4.79 Å². The standard InChI is InChI=1S/C17H26N4OS/c1-19-17(20-9-11-23-15-7-3-2-4-8-15)21-10-5-6-14(13-21)12-16(18)22/h2-4,7-8,14H,5-6,9-13H2,1H3,(H2,18,22)(H,19,20). The van der Waals surface area contributed by atoms with Gasteiger partial charge in [-0.1, -0.05) is 18.2 Å². The number of aliphatic imine (C=N–C) groups is 1. The Labute approximate surface area is 142 Å². The molecular weight excluding hydrogens is 308 g/mol. The molecular formula is C17H26N4OS. The van der Waals surface area contributed by atoms with Gasteiger partial charge in [0.1, 0.15) is 0 Å². The van der Waals surface area contributed by atoms with Crippen molar-refractivity contribution in [3.63, 3.8) is 0 Å². The van der Waals surface area contributed by atoms with E-state index in [0.29, 0.717) is 12.3 Å². The lowest BCUT2D eigenvalue weighted by Crippen LogP contribution is -2.47. The van der Waals surface area contributed by atoms with Crippen LogP contribution in [0.25, 0.3) is 0 Å². The minimum atomic E-state index is -0.209. The Bertz CT molecular complexity index is 521. The van der Waals surface area contributed by atoms with Crippen molar-refractivity contribution in [2.24, 2.45) is 16.6 Å². The van der Waals surface area contributed by atoms with Gasteiger partial charge in [-0.25, -0.2) is 0 Å². The van der Waals surface area contributed by atoms with Gasteiger partial charge in [-0.15, -0.1) is 11.8 Å². The van der Waals surface area contributed by atoms with Crippen molar-refractivity contribution in [1.82, 2.24) is 10.2 Å². The molecule has 3 N–H and O–H groups in total. The Morgan fingerprint density at radius 2 is 2.22 bits per heavy atom. The van der Waals surface area contributed by atoms with Crippen LogP contribution in [0.4, 0.5) is 0 Å². The first kappa shape index (κ1) is 17.7. The summed E-state index contributed by atoms with van der Waals surface area (Å²) < 4.78 is 0. The zero-order chi connectivity index (χ0) is 16.5. The largest absolute Gasteiger partial charge is 0.370 e. The van der Waals surface area contributed by atoms with E-state index in [1.165, 1.54) is 4.90 Å². The molecule has 2 rings (SSSR count). The number of hydrogen-bond donors (Lipinski definition) is 2. The van der Waals surface area contributed by atoms with E-state index in [9.17, 15) is 4.79 Å². The second-order valence-electron chi connectivity index (χ2n) is 5.76. The molecule has 0 spiro atoms. The maximum Gasteiger partial charge on any atom is 0.217 e. The molecule has 1 fully saturated rings. The molecule has 0 saturated carbocycles. The third kappa shape index (κ3) is 6.14. The molecule has 126 valence electrons. The van der Waals surface area contributed by atoms with Crippen LogP contribution in [-0.4, -0.2) is 49.2 Å². The van der Waals surface area contributed by atoms with E-state index in [-0.39, 0.29) is 5.91 Å². The van der Waals surface area contributed by atoms with Gasteiger partial charge in [-0.2, -0.15) is 0 Å². The topological polar surface area (TPSA) is 70.7 Å². The number of rotatable bonds is 6. The molecule has 1 aliphatic rings. The summed E-state index contributed by atoms with van der Waals surface area (Å²) in [4.78, 5) is 19.0. The number of primary amides is 1. The van der Waals surface area contributed by atoms with Crippen molar-refractivity contribution in [2.45, 2.75) is 24.2 Å². The molecule has 1 aromatic carbocycles. The van der Waals surface area contributed by atoms with Gasteiger partial charge >= 0.3 is 0 Å². The van der Waals surface area contributed by atoms with Crippen LogP contribution in [0.1, 0.15) is 19.3 Å². The minimum absolute atomic E-state index is 0.209. The summed E-state index contributed by atoms with van der Waals surface area (Å²) in [5.74, 6) is 2.05. The summed E-state index contributed by atoms with van der Waals surface area (Å²) in [7, 11) is 1.81. The average molecular weight is 334 g/mol. The summed E-state index contributed by atoms with van der Waals surface area (Å²) in [5.41, 5.74) is 5.32. The van der Waals surface area contributed by atoms with Crippen LogP contribution in [0.2, 0.25) is 0 Å². The van der Waals surface area contributed by atoms with Gasteiger partial charge < -0.3 is 16.0 Å². The number of likely N-dealkylation sites (tertiary alicyclic amines) is 1. The predicted octanol–water partition coefficient (Wildman–Crippen LogP) is 1.94. The molecule has 1 aliphatic heterocycles. The van der Waals surface area contributed by atoms with Gasteiger partial charge in [0.15, 0.2) is 5.96 Å². The molecule has 6 heteroatoms. The number of benzene rings is 1. The Hall–Kier alpha value is -1.69. The molecule has 1 heterocycles. The summed E-state index contributed by atoms with van der Waals surface area (Å²) in [6.45, 7) is 2.71. The van der Waals surface area contributed by atoms with Gasteiger partial charge in [0.05, 0.1) is 0 Å². The molecule has 0 aromatic heterocycles. The van der Waals surface area contributed by atoms with Crippen LogP contribution < -0.4 is 11.1 Å². The Morgan fingerprint density at radius 1 is 1.43 bits per heavy atom. The quantitative estimate of drug-likeness (QED) is 0.361. The SMILES string of the molecule is CN=C(NCCSc1ccccc1)N1CCCC(CC(N)=O)C1. The first-order valence-corrected chi connectivity index (χ1v) is 9.09. The van der Waals surface area contributed by atoms with E-state index in [1.807, 2.05) is 24.9 Å². The smallest absolute Gasteiger partial charge is 0.217 e. The van der Waals surface area contributed by atoms with E-state index in [2.05, 4.69) is 39.5 Å². The first-order chi connectivity index (χ1) is 11.2. The highest BCUT2D eigenvalue weighted by atomic mass is 32.2. The second kappa shape index (κ2) is 9.45. The minimum Gasteiger partial charge on any atom is -0.370 e. The van der Waals surface area contributed by atoms with Gasteiger partial charge in [0.25, 0.3) is 0 Å². The monoisotopic (exact) mass is 334 g/mol. The third-order valence-electron chi connectivity index (χ3n) is 3.92. The lowest BCUT2D eigenvalue weighted by atomic mass is 9.95. The fourth-order valence-electron chi connectivity index (χ4n) is 2.89. The van der Waals surface area contributed by atoms with Crippen molar-refractivity contribution >= 4 is 23.6 Å². The van der Waals surface area contributed by atoms with Crippen LogP contribution in [0.15, 0.2) is 40.2 Å². The maximum absolute atomic E-state index is 11.1. The lowest BCUT2D eigenvalue weighted by Gasteiger charge is -2.34. The van der Waals surface area contributed by atoms with E-state index in [4.69, 9.17) is 5.73 Å². The lowest BCUT2D eigenvalue weighted by molar-refractivity contribution is -0.119. The number of nitrogens with one attached hydrogen (secondary N) is 1. The number of piperidine rings is 1. The van der Waals surface area contributed by atoms with Gasteiger partial charge in [-0.05, 0) is 30.9 Å². The maximum atomic E-state index is 11.1. The van der Waals surface area contributed by atoms with Crippen LogP contribution in [0.5, 0.6) is 0 Å². The second-order valence-corrected chi connectivity index (χ2v) is 6.93. The fraction of sp³-hybridized carbons (Fsp3) is 0.529. The molecule has 1 unspecified atom stereocenters. The van der Waals surface area contributed by atoms with Crippen molar-refractivity contribution in [3.8, 4) is 0 Å². The molecule has 0 aliphatic carbocycles. The number of guanidine groups is 1. The highest BCUT2D eigenvalue weighted by molar-refractivity contribution is 7.99. The van der Waals surface area contributed by atoms with Gasteiger partial charge in [0.2, 0.25) is 5.91 Å². The fourth-order valence-corrected chi connectivity index (χ4v) is 3.68. The molecule has 1 aromatic rings. The van der Waals surface area contributed by atoms with Crippen molar-refractivity contribution < 1.29 is 4.79 Å². The predicted molar refractivity (Wildman–Crippen MR) is 96.6 cm³/mol. The number of carbonyl (C=O) groups excluding carboxylic acids is 1. The van der Waals surface area contributed by atoms with Gasteiger partial charge in [-0.3, -0.25) is 9.79 Å². The number of nitrogens with two attached hydrogens (primary N) is 1. The van der Waals surface area contributed by atoms with E-state index < -0.39 is 0 Å². The van der Waals surface area contributed by atoms with E-state index in [0.717, 1.165) is 44.2 Å². The number of carbonyl (C=O) groups is 1. The zero-order valence-corrected chi connectivity index (χ0v) is 14.5. The molecule has 1 atom stereocenters. The van der Waals surface area contributed by atoms with Crippen LogP contribution in [0, 0.1) is 5.92 Å². The van der Waals surface area contributed by atoms with Crippen molar-refractivity contribution in [1.29, 1.82) is 0 Å². The van der Waals surface area contributed by atoms with Gasteiger partial charge in [0, 0.05) is 43.8 Å². The van der Waals surface area contributed by atoms with E-state index >= 15 is 0 Å². The number of hydrogen-bond acceptors (Lipinski definition) is 3. The molecule has 5 nitrogen and oxygen atoms in total. The normalized spacial score (nSPS) is 18.7. The number of nitrogens with zero attached hydrogens (tertiary/aromatic N) is 2. The molecule has 1 saturated heterocycles. The Kier molecular flexibility index (Phi) is 7.26. The molecule has 0 bridgehead atoms. The third-order valence-corrected chi connectivity index (χ3v) is 4.93. The summed E-state index contributed by atoms with van der Waals surface area (Å²) >= 11 is 1.83. The van der Waals surface area contributed by atoms with Crippen molar-refractivity contribution in [3.05, 3.63) is 30.3 Å². The highest BCUT2D eigenvalue weighted by Crippen LogP contribution is 2.19. The average Bonchev–Trinajstić information content (AvgIpc) is 2.55. The Balaban J connectivity index is 1.75. The number of thioether (sulfide) groups is 1. The summed E-state index contributed by atoms with van der Waals surface area (Å²) in [6.07, 6.45) is 2.62. The zero-order valence-electron chi connectivity index (χ0n) is 13.7. The van der Waals surface area contributed by atoms with E-state index in [1.54, 1.807) is 0 Å². The molecule has 1 amide bonds. The van der Waals surface area contributed by atoms with Crippen LogP contribution in [0.3, 0.4) is 0 Å². The summed E-state index contributed by atoms with van der Waals surface area (Å²) in [6, 6.07) is 10.4. The first-order valence-electron chi connectivity index (χ1n) is 8.11. The number of amides is 1. The highest BCUT2D eigenvalue weighted by Gasteiger charge is 2.23. The summed E-state index contributed by atoms with van der Waals surface area (Å²) in [5, 5.41) is 3.42. The molecule has 23 heavy (non-hydrogen) atoms. The molecule has 0 radical (unpaired) electrons.